The van der Waals surface area contributed by atoms with Gasteiger partial charge < -0.3 is 4.90 Å². The first-order valence-electron chi connectivity index (χ1n) is 8.86. The molecule has 1 aliphatic rings. The molecule has 3 rings (SSSR count). The minimum absolute atomic E-state index is 0.141. The smallest absolute Gasteiger partial charge is 0.215 e. The van der Waals surface area contributed by atoms with E-state index < -0.39 is 10.0 Å². The quantitative estimate of drug-likeness (QED) is 0.761. The monoisotopic (exact) mass is 411 g/mol. The zero-order valence-corrected chi connectivity index (χ0v) is 16.5. The lowest BCUT2D eigenvalue weighted by molar-refractivity contribution is 0.262. The lowest BCUT2D eigenvalue weighted by Crippen LogP contribution is -2.48. The second-order valence-corrected chi connectivity index (χ2v) is 8.83. The van der Waals surface area contributed by atoms with Crippen molar-refractivity contribution in [1.82, 2.24) is 9.62 Å². The van der Waals surface area contributed by atoms with Crippen LogP contribution in [0.4, 0.5) is 10.1 Å². The van der Waals surface area contributed by atoms with Crippen LogP contribution in [0.2, 0.25) is 5.02 Å². The Kier molecular flexibility index (Phi) is 6.70. The molecule has 1 fully saturated rings. The van der Waals surface area contributed by atoms with Gasteiger partial charge in [0.25, 0.3) is 0 Å². The third kappa shape index (κ3) is 6.17. The number of nitrogens with zero attached hydrogens (tertiary/aromatic N) is 2. The third-order valence-electron chi connectivity index (χ3n) is 4.58. The molecule has 0 atom stereocenters. The minimum Gasteiger partial charge on any atom is -0.369 e. The molecule has 0 spiro atoms. The number of halogens is 2. The van der Waals surface area contributed by atoms with Gasteiger partial charge in [-0.25, -0.2) is 17.5 Å². The van der Waals surface area contributed by atoms with Crippen LogP contribution in [-0.4, -0.2) is 52.6 Å². The summed E-state index contributed by atoms with van der Waals surface area (Å²) in [6, 6.07) is 13.3. The number of benzene rings is 2. The van der Waals surface area contributed by atoms with Gasteiger partial charge in [-0.1, -0.05) is 23.7 Å². The van der Waals surface area contributed by atoms with Crippen molar-refractivity contribution < 1.29 is 12.8 Å². The van der Waals surface area contributed by atoms with Gasteiger partial charge in [-0.05, 0) is 42.0 Å². The fourth-order valence-electron chi connectivity index (χ4n) is 3.09. The molecule has 2 aromatic carbocycles. The van der Waals surface area contributed by atoms with Crippen molar-refractivity contribution in [2.24, 2.45) is 0 Å². The first kappa shape index (κ1) is 20.1. The van der Waals surface area contributed by atoms with Crippen molar-refractivity contribution >= 4 is 27.3 Å². The summed E-state index contributed by atoms with van der Waals surface area (Å²) in [6.45, 7) is 4.57. The van der Waals surface area contributed by atoms with E-state index in [2.05, 4.69) is 14.5 Å². The van der Waals surface area contributed by atoms with E-state index in [4.69, 9.17) is 11.6 Å². The molecule has 2 aromatic rings. The Bertz CT molecular complexity index is 836. The Morgan fingerprint density at radius 1 is 0.963 bits per heavy atom. The first-order chi connectivity index (χ1) is 12.9. The molecule has 5 nitrogen and oxygen atoms in total. The highest BCUT2D eigenvalue weighted by molar-refractivity contribution is 7.88. The van der Waals surface area contributed by atoms with E-state index in [1.54, 1.807) is 0 Å². The second-order valence-electron chi connectivity index (χ2n) is 6.58. The van der Waals surface area contributed by atoms with E-state index in [1.807, 2.05) is 24.3 Å². The Balaban J connectivity index is 1.40. The van der Waals surface area contributed by atoms with E-state index in [9.17, 15) is 12.8 Å². The molecule has 0 unspecified atom stereocenters. The molecule has 0 aromatic heterocycles. The number of anilines is 1. The topological polar surface area (TPSA) is 52.7 Å². The maximum atomic E-state index is 12.9. The maximum Gasteiger partial charge on any atom is 0.215 e. The van der Waals surface area contributed by atoms with E-state index in [1.165, 1.54) is 24.3 Å². The van der Waals surface area contributed by atoms with E-state index >= 15 is 0 Å². The Labute approximate surface area is 164 Å². The summed E-state index contributed by atoms with van der Waals surface area (Å²) in [4.78, 5) is 4.54. The highest BCUT2D eigenvalue weighted by Gasteiger charge is 2.18. The summed E-state index contributed by atoms with van der Waals surface area (Å²) in [7, 11) is -3.43. The predicted molar refractivity (Wildman–Crippen MR) is 107 cm³/mol. The van der Waals surface area contributed by atoms with Gasteiger partial charge in [0, 0.05) is 50.0 Å². The number of hydrogen-bond acceptors (Lipinski definition) is 4. The van der Waals surface area contributed by atoms with Crippen LogP contribution < -0.4 is 9.62 Å². The van der Waals surface area contributed by atoms with Crippen LogP contribution in [0.5, 0.6) is 0 Å². The number of nitrogens with one attached hydrogen (secondary N) is 1. The average Bonchev–Trinajstić information content (AvgIpc) is 2.65. The summed E-state index contributed by atoms with van der Waals surface area (Å²) in [6.07, 6.45) is 0. The molecule has 1 aliphatic heterocycles. The standard InChI is InChI=1S/C19H23ClFN3O2S/c20-17-3-7-19(8-4-17)24-13-11-23(12-14-24)10-9-22-27(25,26)15-16-1-5-18(21)6-2-16/h1-8,22H,9-15H2. The van der Waals surface area contributed by atoms with Crippen LogP contribution in [-0.2, 0) is 15.8 Å². The van der Waals surface area contributed by atoms with Crippen LogP contribution >= 0.6 is 11.6 Å². The molecule has 1 N–H and O–H groups in total. The van der Waals surface area contributed by atoms with Gasteiger partial charge in [-0.2, -0.15) is 0 Å². The fourth-order valence-corrected chi connectivity index (χ4v) is 4.35. The fraction of sp³-hybridized carbons (Fsp3) is 0.368. The number of piperazine rings is 1. The average molecular weight is 412 g/mol. The summed E-state index contributed by atoms with van der Waals surface area (Å²) in [5, 5.41) is 0.727. The molecule has 0 aliphatic carbocycles. The van der Waals surface area contributed by atoms with Crippen molar-refractivity contribution in [2.45, 2.75) is 5.75 Å². The van der Waals surface area contributed by atoms with Crippen molar-refractivity contribution in [3.05, 3.63) is 64.9 Å². The zero-order chi connectivity index (χ0) is 19.3. The molecule has 0 bridgehead atoms. The third-order valence-corrected chi connectivity index (χ3v) is 6.19. The van der Waals surface area contributed by atoms with Crippen LogP contribution in [0, 0.1) is 5.82 Å². The normalized spacial score (nSPS) is 15.9. The molecular formula is C19H23ClFN3O2S. The molecule has 27 heavy (non-hydrogen) atoms. The Morgan fingerprint density at radius 3 is 2.22 bits per heavy atom. The number of rotatable bonds is 7. The van der Waals surface area contributed by atoms with E-state index in [-0.39, 0.29) is 11.6 Å². The second kappa shape index (κ2) is 9.01. The number of sulfonamides is 1. The van der Waals surface area contributed by atoms with Crippen LogP contribution in [0.25, 0.3) is 0 Å². The zero-order valence-electron chi connectivity index (χ0n) is 14.9. The van der Waals surface area contributed by atoms with Gasteiger partial charge in [0.2, 0.25) is 10.0 Å². The summed E-state index contributed by atoms with van der Waals surface area (Å²) in [5.41, 5.74) is 1.72. The van der Waals surface area contributed by atoms with Gasteiger partial charge in [-0.3, -0.25) is 4.90 Å². The highest BCUT2D eigenvalue weighted by Crippen LogP contribution is 2.19. The van der Waals surface area contributed by atoms with Gasteiger partial charge in [0.15, 0.2) is 0 Å². The molecule has 1 heterocycles. The van der Waals surface area contributed by atoms with E-state index in [0.717, 1.165) is 36.9 Å². The molecular weight excluding hydrogens is 389 g/mol. The summed E-state index contributed by atoms with van der Waals surface area (Å²) in [5.74, 6) is -0.515. The summed E-state index contributed by atoms with van der Waals surface area (Å²) < 4.78 is 39.8. The van der Waals surface area contributed by atoms with Gasteiger partial charge in [-0.15, -0.1) is 0 Å². The maximum absolute atomic E-state index is 12.9. The molecule has 146 valence electrons. The van der Waals surface area contributed by atoms with Crippen LogP contribution in [0.1, 0.15) is 5.56 Å². The van der Waals surface area contributed by atoms with Crippen molar-refractivity contribution in [1.29, 1.82) is 0 Å². The molecule has 1 saturated heterocycles. The first-order valence-corrected chi connectivity index (χ1v) is 10.9. The molecule has 0 radical (unpaired) electrons. The Hall–Kier alpha value is -1.67. The lowest BCUT2D eigenvalue weighted by Gasteiger charge is -2.36. The van der Waals surface area contributed by atoms with Crippen molar-refractivity contribution in [2.75, 3.05) is 44.2 Å². The summed E-state index contributed by atoms with van der Waals surface area (Å²) >= 11 is 5.93. The van der Waals surface area contributed by atoms with Gasteiger partial charge in [0.05, 0.1) is 5.75 Å². The number of hydrogen-bond donors (Lipinski definition) is 1. The van der Waals surface area contributed by atoms with Gasteiger partial charge >= 0.3 is 0 Å². The van der Waals surface area contributed by atoms with Crippen molar-refractivity contribution in [3.63, 3.8) is 0 Å². The largest absolute Gasteiger partial charge is 0.369 e. The van der Waals surface area contributed by atoms with Gasteiger partial charge in [0.1, 0.15) is 5.82 Å². The molecule has 8 heteroatoms. The van der Waals surface area contributed by atoms with Crippen LogP contribution in [0.3, 0.4) is 0 Å². The van der Waals surface area contributed by atoms with E-state index in [0.29, 0.717) is 18.7 Å². The van der Waals surface area contributed by atoms with Crippen molar-refractivity contribution in [3.8, 4) is 0 Å². The predicted octanol–water partition coefficient (Wildman–Crippen LogP) is 2.72. The lowest BCUT2D eigenvalue weighted by atomic mass is 10.2. The SMILES string of the molecule is O=S(=O)(Cc1ccc(F)cc1)NCCN1CCN(c2ccc(Cl)cc2)CC1. The minimum atomic E-state index is -3.43. The van der Waals surface area contributed by atoms with Crippen LogP contribution in [0.15, 0.2) is 48.5 Å². The molecule has 0 amide bonds. The molecule has 0 saturated carbocycles. The highest BCUT2D eigenvalue weighted by atomic mass is 35.5. The Morgan fingerprint density at radius 2 is 1.59 bits per heavy atom.